The molecule has 37 heavy (non-hydrogen) atoms. The van der Waals surface area contributed by atoms with Crippen molar-refractivity contribution < 1.29 is 18.3 Å². The number of ether oxygens (including phenoxy) is 1. The monoisotopic (exact) mass is 518 g/mol. The van der Waals surface area contributed by atoms with Gasteiger partial charge in [0.2, 0.25) is 5.91 Å². The molecule has 0 spiro atoms. The first-order valence-corrected chi connectivity index (χ1v) is 14.8. The number of carbonyl (C=O) groups excluding carboxylic acids is 1. The Morgan fingerprint density at radius 1 is 1.11 bits per heavy atom. The minimum atomic E-state index is -0.900. The van der Waals surface area contributed by atoms with Crippen molar-refractivity contribution in [2.45, 2.75) is 95.9 Å². The third kappa shape index (κ3) is 6.23. The number of hydrogen-bond donors (Lipinski definition) is 2. The van der Waals surface area contributed by atoms with E-state index < -0.39 is 12.3 Å². The zero-order chi connectivity index (χ0) is 26.1. The third-order valence-electron chi connectivity index (χ3n) is 10.2. The van der Waals surface area contributed by atoms with Gasteiger partial charge in [-0.3, -0.25) is 10.2 Å². The van der Waals surface area contributed by atoms with Crippen LogP contribution in [-0.4, -0.2) is 54.9 Å². The van der Waals surface area contributed by atoms with E-state index in [4.69, 9.17) is 10.1 Å². The molecule has 5 fully saturated rings. The standard InChI is InChI=1S/C29H44F2N4O2/c1-17-10-20(4-7-26(17)31)27(19-2-3-19)34-28(36)22-12-18(16-35-8-9-37-29(35)33)11-21(13-22)25-6-5-24(30)14-23(25)15-32/h17-27,33H,2-14,16H2,1H3,(H,34,36)/t17?,18?,20?,21?,22?,23?,24?,25?,26?,27-/m0/s1. The van der Waals surface area contributed by atoms with E-state index in [-0.39, 0.29) is 53.5 Å². The topological polar surface area (TPSA) is 89.2 Å². The van der Waals surface area contributed by atoms with Crippen LogP contribution < -0.4 is 5.32 Å². The number of nitriles is 1. The summed E-state index contributed by atoms with van der Waals surface area (Å²) in [5.74, 6) is 1.17. The molecule has 5 aliphatic rings. The summed E-state index contributed by atoms with van der Waals surface area (Å²) in [6.07, 6.45) is 6.88. The second kappa shape index (κ2) is 11.5. The highest BCUT2D eigenvalue weighted by Crippen LogP contribution is 2.47. The first kappa shape index (κ1) is 26.7. The van der Waals surface area contributed by atoms with Crippen LogP contribution in [0.2, 0.25) is 0 Å². The van der Waals surface area contributed by atoms with Gasteiger partial charge in [0.05, 0.1) is 18.5 Å². The van der Waals surface area contributed by atoms with Crippen LogP contribution >= 0.6 is 0 Å². The second-order valence-corrected chi connectivity index (χ2v) is 12.9. The van der Waals surface area contributed by atoms with Gasteiger partial charge in [0.25, 0.3) is 6.02 Å². The summed E-state index contributed by atoms with van der Waals surface area (Å²) in [5.41, 5.74) is 0. The zero-order valence-electron chi connectivity index (χ0n) is 22.2. The van der Waals surface area contributed by atoms with Crippen molar-refractivity contribution in [3.05, 3.63) is 0 Å². The summed E-state index contributed by atoms with van der Waals surface area (Å²) in [6.45, 7) is 3.91. The van der Waals surface area contributed by atoms with Crippen LogP contribution in [0.4, 0.5) is 8.78 Å². The van der Waals surface area contributed by atoms with Crippen LogP contribution in [-0.2, 0) is 9.53 Å². The predicted molar refractivity (Wildman–Crippen MR) is 137 cm³/mol. The normalized spacial score (nSPS) is 41.5. The molecule has 0 radical (unpaired) electrons. The summed E-state index contributed by atoms with van der Waals surface area (Å²) < 4.78 is 33.7. The van der Waals surface area contributed by atoms with Crippen molar-refractivity contribution in [2.75, 3.05) is 19.7 Å². The Balaban J connectivity index is 1.29. The van der Waals surface area contributed by atoms with E-state index in [0.717, 1.165) is 44.9 Å². The van der Waals surface area contributed by atoms with Gasteiger partial charge in [-0.05, 0) is 106 Å². The molecule has 0 aromatic carbocycles. The summed E-state index contributed by atoms with van der Waals surface area (Å²) in [4.78, 5) is 15.8. The third-order valence-corrected chi connectivity index (χ3v) is 10.2. The molecule has 2 N–H and O–H groups in total. The number of amidine groups is 1. The second-order valence-electron chi connectivity index (χ2n) is 12.9. The Labute approximate surface area is 220 Å². The Kier molecular flexibility index (Phi) is 8.26. The largest absolute Gasteiger partial charge is 0.463 e. The molecule has 206 valence electrons. The van der Waals surface area contributed by atoms with Crippen LogP contribution in [0, 0.1) is 64.1 Å². The molecular weight excluding hydrogens is 474 g/mol. The van der Waals surface area contributed by atoms with Crippen LogP contribution in [0.25, 0.3) is 0 Å². The van der Waals surface area contributed by atoms with Gasteiger partial charge in [0, 0.05) is 18.5 Å². The Bertz CT molecular complexity index is 876. The summed E-state index contributed by atoms with van der Waals surface area (Å²) in [6, 6.07) is 2.74. The highest BCUT2D eigenvalue weighted by atomic mass is 19.1. The fourth-order valence-corrected chi connectivity index (χ4v) is 8.07. The lowest BCUT2D eigenvalue weighted by atomic mass is 9.63. The number of halogens is 2. The Morgan fingerprint density at radius 2 is 1.89 bits per heavy atom. The van der Waals surface area contributed by atoms with Gasteiger partial charge in [0.15, 0.2) is 0 Å². The van der Waals surface area contributed by atoms with E-state index in [1.54, 1.807) is 0 Å². The molecule has 4 aliphatic carbocycles. The first-order valence-electron chi connectivity index (χ1n) is 14.8. The highest BCUT2D eigenvalue weighted by molar-refractivity contribution is 5.79. The number of hydrogen-bond acceptors (Lipinski definition) is 4. The summed E-state index contributed by atoms with van der Waals surface area (Å²) >= 11 is 0. The van der Waals surface area contributed by atoms with E-state index in [2.05, 4.69) is 11.4 Å². The van der Waals surface area contributed by atoms with Crippen molar-refractivity contribution >= 4 is 11.9 Å². The van der Waals surface area contributed by atoms with Crippen molar-refractivity contribution in [3.8, 4) is 6.07 Å². The average molecular weight is 519 g/mol. The van der Waals surface area contributed by atoms with Crippen LogP contribution in [0.3, 0.4) is 0 Å². The number of rotatable bonds is 7. The molecule has 0 bridgehead atoms. The van der Waals surface area contributed by atoms with E-state index in [0.29, 0.717) is 57.2 Å². The fourth-order valence-electron chi connectivity index (χ4n) is 8.07. The summed E-state index contributed by atoms with van der Waals surface area (Å²) in [5, 5.41) is 21.4. The maximum Gasteiger partial charge on any atom is 0.284 e. The Hall–Kier alpha value is -1.91. The maximum atomic E-state index is 14.2. The number of amides is 1. The van der Waals surface area contributed by atoms with Crippen molar-refractivity contribution in [2.24, 2.45) is 47.3 Å². The molecule has 0 aromatic rings. The zero-order valence-corrected chi connectivity index (χ0v) is 22.2. The molecule has 4 saturated carbocycles. The van der Waals surface area contributed by atoms with E-state index in [1.807, 2.05) is 11.8 Å². The molecule has 1 saturated heterocycles. The molecular formula is C29H44F2N4O2. The molecule has 1 amide bonds. The van der Waals surface area contributed by atoms with Gasteiger partial charge in [-0.15, -0.1) is 0 Å². The number of nitrogens with zero attached hydrogens (tertiary/aromatic N) is 2. The summed E-state index contributed by atoms with van der Waals surface area (Å²) in [7, 11) is 0. The first-order chi connectivity index (χ1) is 17.8. The van der Waals surface area contributed by atoms with E-state index in [1.165, 1.54) is 0 Å². The van der Waals surface area contributed by atoms with Crippen LogP contribution in [0.15, 0.2) is 0 Å². The van der Waals surface area contributed by atoms with Gasteiger partial charge < -0.3 is 15.0 Å². The molecule has 1 heterocycles. The SMILES string of the molecule is CC1CC([C@@H](NC(=O)C2CC(CN3CCOC3=N)CC(C3CCC(F)CC3C#N)C2)C2CC2)CCC1F. The quantitative estimate of drug-likeness (QED) is 0.483. The molecule has 0 aromatic heterocycles. The minimum Gasteiger partial charge on any atom is -0.463 e. The van der Waals surface area contributed by atoms with Gasteiger partial charge >= 0.3 is 0 Å². The van der Waals surface area contributed by atoms with Crippen LogP contribution in [0.1, 0.15) is 77.6 Å². The van der Waals surface area contributed by atoms with E-state index >= 15 is 0 Å². The molecule has 6 nitrogen and oxygen atoms in total. The minimum absolute atomic E-state index is 0.0480. The van der Waals surface area contributed by atoms with E-state index in [9.17, 15) is 18.8 Å². The van der Waals surface area contributed by atoms with Crippen LogP contribution in [0.5, 0.6) is 0 Å². The molecule has 5 rings (SSSR count). The highest BCUT2D eigenvalue weighted by Gasteiger charge is 2.45. The van der Waals surface area contributed by atoms with Gasteiger partial charge in [-0.25, -0.2) is 8.78 Å². The molecule has 8 heteroatoms. The maximum absolute atomic E-state index is 14.2. The van der Waals surface area contributed by atoms with Crippen molar-refractivity contribution in [1.29, 1.82) is 10.7 Å². The number of alkyl halides is 2. The smallest absolute Gasteiger partial charge is 0.284 e. The molecule has 9 unspecified atom stereocenters. The number of carbonyl (C=O) groups is 1. The van der Waals surface area contributed by atoms with Gasteiger partial charge in [-0.2, -0.15) is 5.26 Å². The predicted octanol–water partition coefficient (Wildman–Crippen LogP) is 5.23. The number of nitrogens with one attached hydrogen (secondary N) is 2. The molecule has 10 atom stereocenters. The average Bonchev–Trinajstić information content (AvgIpc) is 3.65. The lowest BCUT2D eigenvalue weighted by Gasteiger charge is -2.43. The lowest BCUT2D eigenvalue weighted by molar-refractivity contribution is -0.129. The van der Waals surface area contributed by atoms with Crippen molar-refractivity contribution in [1.82, 2.24) is 10.2 Å². The van der Waals surface area contributed by atoms with Crippen molar-refractivity contribution in [3.63, 3.8) is 0 Å². The van der Waals surface area contributed by atoms with Gasteiger partial charge in [-0.1, -0.05) is 6.92 Å². The lowest BCUT2D eigenvalue weighted by Crippen LogP contribution is -2.49. The Morgan fingerprint density at radius 3 is 2.57 bits per heavy atom. The van der Waals surface area contributed by atoms with Gasteiger partial charge in [0.1, 0.15) is 19.0 Å². The fraction of sp³-hybridized carbons (Fsp3) is 0.897. The molecule has 1 aliphatic heterocycles.